The first-order valence-corrected chi connectivity index (χ1v) is 11.3. The van der Waals surface area contributed by atoms with Crippen LogP contribution < -0.4 is 4.90 Å². The van der Waals surface area contributed by atoms with Crippen molar-refractivity contribution in [2.75, 3.05) is 4.90 Å². The Morgan fingerprint density at radius 1 is 0.485 bits per heavy atom. The average molecular weight is 446 g/mol. The molecular weight excluding hydrogens is 426 g/mol. The molecule has 3 heteroatoms. The second kappa shape index (κ2) is 8.16. The van der Waals surface area contributed by atoms with Crippen LogP contribution in [-0.4, -0.2) is 0 Å². The Balaban J connectivity index is 1.46. The molecule has 0 saturated carbocycles. The first-order chi connectivity index (χ1) is 16.3. The van der Waals surface area contributed by atoms with Gasteiger partial charge >= 0.3 is 0 Å². The van der Waals surface area contributed by atoms with Crippen molar-refractivity contribution in [2.45, 2.75) is 0 Å². The summed E-state index contributed by atoms with van der Waals surface area (Å²) in [6, 6.07) is 41.5. The topological polar surface area (TPSA) is 16.4 Å². The summed E-state index contributed by atoms with van der Waals surface area (Å²) in [4.78, 5) is 2.25. The Morgan fingerprint density at radius 3 is 1.82 bits per heavy atom. The number of para-hydroxylation sites is 2. The summed E-state index contributed by atoms with van der Waals surface area (Å²) in [5.41, 5.74) is 7.29. The van der Waals surface area contributed by atoms with Gasteiger partial charge in [-0.15, -0.1) is 0 Å². The Hall–Kier alpha value is -4.01. The smallest absolute Gasteiger partial charge is 0.137 e. The first-order valence-electron chi connectivity index (χ1n) is 10.9. The molecule has 33 heavy (non-hydrogen) atoms. The maximum Gasteiger partial charge on any atom is 0.137 e. The van der Waals surface area contributed by atoms with Crippen molar-refractivity contribution in [3.63, 3.8) is 0 Å². The predicted octanol–water partition coefficient (Wildman–Crippen LogP) is 9.38. The number of halogens is 1. The van der Waals surface area contributed by atoms with Crippen molar-refractivity contribution in [3.05, 3.63) is 126 Å². The Bertz CT molecular complexity index is 1550. The Morgan fingerprint density at radius 2 is 1.06 bits per heavy atom. The lowest BCUT2D eigenvalue weighted by molar-refractivity contribution is 0.669. The van der Waals surface area contributed by atoms with E-state index in [1.54, 1.807) is 0 Å². The van der Waals surface area contributed by atoms with E-state index in [9.17, 15) is 0 Å². The van der Waals surface area contributed by atoms with Crippen LogP contribution in [0.15, 0.2) is 126 Å². The minimum absolute atomic E-state index is 0.742. The number of hydrogen-bond acceptors (Lipinski definition) is 2. The van der Waals surface area contributed by atoms with Crippen LogP contribution in [0.1, 0.15) is 0 Å². The Kier molecular flexibility index (Phi) is 4.86. The molecule has 0 amide bonds. The number of rotatable bonds is 4. The van der Waals surface area contributed by atoms with Gasteiger partial charge < -0.3 is 9.32 Å². The molecule has 0 atom stereocenters. The van der Waals surface area contributed by atoms with Gasteiger partial charge in [0, 0.05) is 38.9 Å². The van der Waals surface area contributed by atoms with E-state index in [1.807, 2.05) is 48.5 Å². The molecule has 0 aliphatic heterocycles. The fourth-order valence-corrected chi connectivity index (χ4v) is 4.45. The molecule has 0 unspecified atom stereocenters. The van der Waals surface area contributed by atoms with Gasteiger partial charge in [0.05, 0.1) is 0 Å². The van der Waals surface area contributed by atoms with Crippen LogP contribution in [0.2, 0.25) is 5.02 Å². The van der Waals surface area contributed by atoms with Gasteiger partial charge in [-0.2, -0.15) is 0 Å². The third kappa shape index (κ3) is 3.65. The largest absolute Gasteiger partial charge is 0.456 e. The van der Waals surface area contributed by atoms with Crippen molar-refractivity contribution in [1.29, 1.82) is 0 Å². The molecule has 0 spiro atoms. The summed E-state index contributed by atoms with van der Waals surface area (Å²) >= 11 is 6.05. The highest BCUT2D eigenvalue weighted by Gasteiger charge is 2.15. The monoisotopic (exact) mass is 445 g/mol. The first kappa shape index (κ1) is 19.7. The summed E-state index contributed by atoms with van der Waals surface area (Å²) in [6.45, 7) is 0. The molecule has 0 radical (unpaired) electrons. The third-order valence-electron chi connectivity index (χ3n) is 5.94. The molecule has 158 valence electrons. The molecule has 2 nitrogen and oxygen atoms in total. The van der Waals surface area contributed by atoms with E-state index in [1.165, 1.54) is 0 Å². The van der Waals surface area contributed by atoms with E-state index in [-0.39, 0.29) is 0 Å². The minimum atomic E-state index is 0.742. The van der Waals surface area contributed by atoms with Crippen molar-refractivity contribution in [3.8, 4) is 11.1 Å². The molecule has 6 aromatic rings. The van der Waals surface area contributed by atoms with Crippen molar-refractivity contribution in [2.24, 2.45) is 0 Å². The second-order valence-corrected chi connectivity index (χ2v) is 8.44. The number of fused-ring (bicyclic) bond motifs is 3. The lowest BCUT2D eigenvalue weighted by Crippen LogP contribution is -2.09. The zero-order chi connectivity index (χ0) is 22.2. The molecule has 0 aliphatic rings. The maximum absolute atomic E-state index is 6.16. The van der Waals surface area contributed by atoms with Crippen LogP contribution in [0.4, 0.5) is 17.1 Å². The Labute approximate surface area is 197 Å². The van der Waals surface area contributed by atoms with Crippen LogP contribution in [0.3, 0.4) is 0 Å². The highest BCUT2D eigenvalue weighted by atomic mass is 35.5. The van der Waals surface area contributed by atoms with Gasteiger partial charge in [-0.05, 0) is 65.7 Å². The lowest BCUT2D eigenvalue weighted by atomic mass is 10.0. The molecule has 1 heterocycles. The molecule has 0 aliphatic carbocycles. The molecule has 5 aromatic carbocycles. The summed E-state index contributed by atoms with van der Waals surface area (Å²) in [6.07, 6.45) is 0. The van der Waals surface area contributed by atoms with E-state index < -0.39 is 0 Å². The average Bonchev–Trinajstić information content (AvgIpc) is 3.24. The van der Waals surface area contributed by atoms with E-state index in [0.717, 1.165) is 55.2 Å². The van der Waals surface area contributed by atoms with Crippen LogP contribution in [0, 0.1) is 0 Å². The van der Waals surface area contributed by atoms with E-state index in [0.29, 0.717) is 0 Å². The number of furan rings is 1. The number of hydrogen-bond donors (Lipinski definition) is 0. The molecule has 1 aromatic heterocycles. The number of benzene rings is 5. The van der Waals surface area contributed by atoms with Crippen molar-refractivity contribution < 1.29 is 4.42 Å². The second-order valence-electron chi connectivity index (χ2n) is 8.00. The number of anilines is 3. The summed E-state index contributed by atoms with van der Waals surface area (Å²) in [7, 11) is 0. The fourth-order valence-electron chi connectivity index (χ4n) is 4.32. The van der Waals surface area contributed by atoms with Gasteiger partial charge in [0.15, 0.2) is 0 Å². The van der Waals surface area contributed by atoms with E-state index in [4.69, 9.17) is 16.0 Å². The zero-order valence-electron chi connectivity index (χ0n) is 17.8. The molecular formula is C30H20ClNO. The quantitative estimate of drug-likeness (QED) is 0.268. The summed E-state index contributed by atoms with van der Waals surface area (Å²) in [5.74, 6) is 0. The van der Waals surface area contributed by atoms with Gasteiger partial charge in [-0.25, -0.2) is 0 Å². The predicted molar refractivity (Wildman–Crippen MR) is 139 cm³/mol. The SMILES string of the molecule is Clc1ccc(-c2ccc(N(c3ccccc3)c3ccc4c(c3)oc3ccccc34)cc2)cc1. The van der Waals surface area contributed by atoms with Gasteiger partial charge in [-0.1, -0.05) is 72.3 Å². The van der Waals surface area contributed by atoms with Gasteiger partial charge in [0.1, 0.15) is 11.2 Å². The molecule has 0 fully saturated rings. The molecule has 0 bridgehead atoms. The number of nitrogens with zero attached hydrogens (tertiary/aromatic N) is 1. The van der Waals surface area contributed by atoms with Crippen molar-refractivity contribution >= 4 is 50.6 Å². The normalized spacial score (nSPS) is 11.2. The van der Waals surface area contributed by atoms with Gasteiger partial charge in [-0.3, -0.25) is 0 Å². The third-order valence-corrected chi connectivity index (χ3v) is 6.19. The standard InChI is InChI=1S/C30H20ClNO/c31-23-14-10-21(11-15-23)22-12-16-25(17-13-22)32(24-6-2-1-3-7-24)26-18-19-28-27-8-4-5-9-29(27)33-30(28)20-26/h1-20H. The van der Waals surface area contributed by atoms with Gasteiger partial charge in [0.2, 0.25) is 0 Å². The van der Waals surface area contributed by atoms with E-state index in [2.05, 4.69) is 77.7 Å². The lowest BCUT2D eigenvalue weighted by Gasteiger charge is -2.25. The molecule has 6 rings (SSSR count). The van der Waals surface area contributed by atoms with Crippen LogP contribution in [0.5, 0.6) is 0 Å². The summed E-state index contributed by atoms with van der Waals surface area (Å²) in [5, 5.41) is 3.00. The molecule has 0 saturated heterocycles. The fraction of sp³-hybridized carbons (Fsp3) is 0. The highest BCUT2D eigenvalue weighted by Crippen LogP contribution is 2.38. The van der Waals surface area contributed by atoms with E-state index >= 15 is 0 Å². The minimum Gasteiger partial charge on any atom is -0.456 e. The van der Waals surface area contributed by atoms with Gasteiger partial charge in [0.25, 0.3) is 0 Å². The summed E-state index contributed by atoms with van der Waals surface area (Å²) < 4.78 is 6.16. The zero-order valence-corrected chi connectivity index (χ0v) is 18.5. The molecule has 0 N–H and O–H groups in total. The maximum atomic E-state index is 6.16. The van der Waals surface area contributed by atoms with Crippen LogP contribution >= 0.6 is 11.6 Å². The highest BCUT2D eigenvalue weighted by molar-refractivity contribution is 6.30. The van der Waals surface area contributed by atoms with Crippen molar-refractivity contribution in [1.82, 2.24) is 0 Å². The van der Waals surface area contributed by atoms with Crippen LogP contribution in [-0.2, 0) is 0 Å². The van der Waals surface area contributed by atoms with Crippen LogP contribution in [0.25, 0.3) is 33.1 Å².